The smallest absolute Gasteiger partial charge is 0.191 e. The number of hydrogen-bond donors (Lipinski definition) is 2. The van der Waals surface area contributed by atoms with Gasteiger partial charge in [-0.2, -0.15) is 0 Å². The molecule has 2 aromatic carbocycles. The summed E-state index contributed by atoms with van der Waals surface area (Å²) in [6.07, 6.45) is 3.48. The van der Waals surface area contributed by atoms with Gasteiger partial charge in [0, 0.05) is 58.9 Å². The van der Waals surface area contributed by atoms with Crippen molar-refractivity contribution in [2.75, 3.05) is 39.8 Å². The summed E-state index contributed by atoms with van der Waals surface area (Å²) < 4.78 is 0. The quantitative estimate of drug-likeness (QED) is 0.339. The van der Waals surface area contributed by atoms with Crippen LogP contribution in [0.3, 0.4) is 0 Å². The van der Waals surface area contributed by atoms with Gasteiger partial charge < -0.3 is 10.6 Å². The molecule has 0 atom stereocenters. The first-order valence-corrected chi connectivity index (χ1v) is 11.3. The van der Waals surface area contributed by atoms with Crippen molar-refractivity contribution in [1.82, 2.24) is 20.4 Å². The zero-order valence-electron chi connectivity index (χ0n) is 18.6. The highest BCUT2D eigenvalue weighted by molar-refractivity contribution is 14.0. The van der Waals surface area contributed by atoms with Gasteiger partial charge in [-0.15, -0.1) is 24.0 Å². The van der Waals surface area contributed by atoms with E-state index in [1.54, 1.807) is 0 Å². The first-order valence-electron chi connectivity index (χ1n) is 11.3. The van der Waals surface area contributed by atoms with E-state index in [1.807, 2.05) is 7.05 Å². The summed E-state index contributed by atoms with van der Waals surface area (Å²) in [6, 6.07) is 20.1. The largest absolute Gasteiger partial charge is 0.355 e. The lowest BCUT2D eigenvalue weighted by Gasteiger charge is -2.33. The Morgan fingerprint density at radius 1 is 0.935 bits per heavy atom. The van der Waals surface area contributed by atoms with Gasteiger partial charge >= 0.3 is 0 Å². The van der Waals surface area contributed by atoms with E-state index in [0.717, 1.165) is 71.0 Å². The molecule has 5 nitrogen and oxygen atoms in total. The molecule has 2 aromatic rings. The van der Waals surface area contributed by atoms with E-state index in [9.17, 15) is 0 Å². The van der Waals surface area contributed by atoms with Gasteiger partial charge in [0.15, 0.2) is 5.96 Å². The molecule has 0 bridgehead atoms. The number of likely N-dealkylation sites (tertiary alicyclic amines) is 1. The highest BCUT2D eigenvalue weighted by Gasteiger charge is 2.20. The van der Waals surface area contributed by atoms with Gasteiger partial charge in [0.25, 0.3) is 0 Å². The summed E-state index contributed by atoms with van der Waals surface area (Å²) >= 11 is 0. The molecule has 2 aliphatic rings. The van der Waals surface area contributed by atoms with E-state index in [4.69, 9.17) is 0 Å². The molecule has 0 saturated carbocycles. The molecule has 0 aliphatic carbocycles. The molecule has 0 aromatic heterocycles. The second kappa shape index (κ2) is 12.4. The molecule has 0 amide bonds. The second-order valence-electron chi connectivity index (χ2n) is 8.47. The van der Waals surface area contributed by atoms with Crippen molar-refractivity contribution in [3.05, 3.63) is 71.3 Å². The number of halogens is 1. The maximum atomic E-state index is 4.45. The average molecular weight is 534 g/mol. The lowest BCUT2D eigenvalue weighted by atomic mass is 10.00. The number of rotatable bonds is 6. The zero-order valence-corrected chi connectivity index (χ0v) is 20.9. The Morgan fingerprint density at radius 2 is 1.65 bits per heavy atom. The number of guanidine groups is 1. The number of nitrogens with one attached hydrogen (secondary N) is 2. The molecule has 168 valence electrons. The van der Waals surface area contributed by atoms with Crippen LogP contribution in [0.5, 0.6) is 0 Å². The molecule has 2 aliphatic heterocycles. The van der Waals surface area contributed by atoms with Crippen LogP contribution in [0.25, 0.3) is 0 Å². The van der Waals surface area contributed by atoms with Crippen LogP contribution in [0.2, 0.25) is 0 Å². The molecule has 6 heteroatoms. The molecule has 2 heterocycles. The molecule has 0 radical (unpaired) electrons. The molecule has 0 spiro atoms. The van der Waals surface area contributed by atoms with Crippen LogP contribution >= 0.6 is 24.0 Å². The Hall–Kier alpha value is -1.64. The lowest BCUT2D eigenvalue weighted by molar-refractivity contribution is 0.198. The third-order valence-electron chi connectivity index (χ3n) is 6.33. The van der Waals surface area contributed by atoms with Crippen molar-refractivity contribution >= 4 is 29.9 Å². The first-order chi connectivity index (χ1) is 14.8. The Labute approximate surface area is 204 Å². The molecule has 1 fully saturated rings. The fourth-order valence-electron chi connectivity index (χ4n) is 4.54. The predicted molar refractivity (Wildman–Crippen MR) is 140 cm³/mol. The van der Waals surface area contributed by atoms with Crippen LogP contribution in [-0.4, -0.2) is 61.6 Å². The van der Waals surface area contributed by atoms with Gasteiger partial charge in [-0.3, -0.25) is 14.8 Å². The normalized spacial score (nSPS) is 18.2. The highest BCUT2D eigenvalue weighted by Crippen LogP contribution is 2.18. The Balaban J connectivity index is 0.00000272. The molecule has 0 unspecified atom stereocenters. The third kappa shape index (κ3) is 7.19. The number of nitrogens with zero attached hydrogens (tertiary/aromatic N) is 3. The summed E-state index contributed by atoms with van der Waals surface area (Å²) in [5, 5.41) is 7.16. The maximum Gasteiger partial charge on any atom is 0.191 e. The highest BCUT2D eigenvalue weighted by atomic mass is 127. The van der Waals surface area contributed by atoms with Crippen LogP contribution in [-0.2, 0) is 19.5 Å². The van der Waals surface area contributed by atoms with E-state index in [-0.39, 0.29) is 24.0 Å². The van der Waals surface area contributed by atoms with Crippen LogP contribution in [0.4, 0.5) is 0 Å². The molecule has 31 heavy (non-hydrogen) atoms. The van der Waals surface area contributed by atoms with Crippen molar-refractivity contribution in [1.29, 1.82) is 0 Å². The van der Waals surface area contributed by atoms with E-state index in [2.05, 4.69) is 80.0 Å². The summed E-state index contributed by atoms with van der Waals surface area (Å²) in [5.74, 6) is 0.939. The van der Waals surface area contributed by atoms with Crippen molar-refractivity contribution in [3.8, 4) is 0 Å². The molecule has 4 rings (SSSR count). The van der Waals surface area contributed by atoms with Crippen molar-refractivity contribution in [2.45, 2.75) is 38.4 Å². The average Bonchev–Trinajstić information content (AvgIpc) is 2.80. The number of piperidine rings is 1. The second-order valence-corrected chi connectivity index (χ2v) is 8.47. The summed E-state index contributed by atoms with van der Waals surface area (Å²) in [7, 11) is 1.87. The SMILES string of the molecule is CN=C(NCCN1CCc2ccccc2C1)NC1CCN(Cc2ccccc2)CC1.I. The fourth-order valence-corrected chi connectivity index (χ4v) is 4.54. The Bertz CT molecular complexity index is 818. The van der Waals surface area contributed by atoms with Crippen molar-refractivity contribution in [2.24, 2.45) is 4.99 Å². The van der Waals surface area contributed by atoms with Crippen molar-refractivity contribution in [3.63, 3.8) is 0 Å². The van der Waals surface area contributed by atoms with E-state index >= 15 is 0 Å². The fraction of sp³-hybridized carbons (Fsp3) is 0.480. The summed E-state index contributed by atoms with van der Waals surface area (Å²) in [4.78, 5) is 9.54. The van der Waals surface area contributed by atoms with Gasteiger partial charge in [-0.1, -0.05) is 54.6 Å². The van der Waals surface area contributed by atoms with Crippen LogP contribution in [0.1, 0.15) is 29.5 Å². The van der Waals surface area contributed by atoms with Crippen LogP contribution < -0.4 is 10.6 Å². The first kappa shape index (κ1) is 24.0. The predicted octanol–water partition coefficient (Wildman–Crippen LogP) is 3.49. The number of benzene rings is 2. The van der Waals surface area contributed by atoms with Gasteiger partial charge in [0.2, 0.25) is 0 Å². The third-order valence-corrected chi connectivity index (χ3v) is 6.33. The van der Waals surface area contributed by atoms with E-state index in [0.29, 0.717) is 6.04 Å². The van der Waals surface area contributed by atoms with E-state index in [1.165, 1.54) is 16.7 Å². The van der Waals surface area contributed by atoms with Crippen molar-refractivity contribution < 1.29 is 0 Å². The van der Waals surface area contributed by atoms with E-state index < -0.39 is 0 Å². The number of hydrogen-bond acceptors (Lipinski definition) is 3. The summed E-state index contributed by atoms with van der Waals surface area (Å²) in [6.45, 7) is 7.50. The molecular formula is C25H36IN5. The van der Waals surface area contributed by atoms with Gasteiger partial charge in [0.1, 0.15) is 0 Å². The molecule has 2 N–H and O–H groups in total. The molecule has 1 saturated heterocycles. The minimum Gasteiger partial charge on any atom is -0.355 e. The number of aliphatic imine (C=N–C) groups is 1. The Kier molecular flexibility index (Phi) is 9.61. The minimum atomic E-state index is 0. The van der Waals surface area contributed by atoms with Gasteiger partial charge in [-0.05, 0) is 36.0 Å². The standard InChI is InChI=1S/C25H35N5.HI/c1-26-25(27-14-18-30-15-11-22-9-5-6-10-23(22)20-30)28-24-12-16-29(17-13-24)19-21-7-3-2-4-8-21;/h2-10,24H,11-20H2,1H3,(H2,26,27,28);1H. The Morgan fingerprint density at radius 3 is 2.39 bits per heavy atom. The minimum absolute atomic E-state index is 0. The van der Waals surface area contributed by atoms with Gasteiger partial charge in [-0.25, -0.2) is 0 Å². The molecular weight excluding hydrogens is 497 g/mol. The van der Waals surface area contributed by atoms with Crippen LogP contribution in [0.15, 0.2) is 59.6 Å². The lowest BCUT2D eigenvalue weighted by Crippen LogP contribution is -2.49. The maximum absolute atomic E-state index is 4.45. The summed E-state index contributed by atoms with van der Waals surface area (Å²) in [5.41, 5.74) is 4.40. The topological polar surface area (TPSA) is 42.9 Å². The monoisotopic (exact) mass is 533 g/mol. The zero-order chi connectivity index (χ0) is 20.6. The van der Waals surface area contributed by atoms with Gasteiger partial charge in [0.05, 0.1) is 0 Å². The number of fused-ring (bicyclic) bond motifs is 1. The van der Waals surface area contributed by atoms with Crippen LogP contribution in [0, 0.1) is 0 Å².